The summed E-state index contributed by atoms with van der Waals surface area (Å²) in [5.74, 6) is 2.51. The van der Waals surface area contributed by atoms with Crippen LogP contribution in [0.25, 0.3) is 0 Å². The molecule has 4 heteroatoms. The molecule has 0 aromatic carbocycles. The van der Waals surface area contributed by atoms with Crippen molar-refractivity contribution in [3.05, 3.63) is 0 Å². The lowest BCUT2D eigenvalue weighted by Crippen LogP contribution is -3.15. The molecule has 0 amide bonds. The Kier molecular flexibility index (Phi) is 4.46. The van der Waals surface area contributed by atoms with Crippen molar-refractivity contribution >= 4 is 0 Å². The molecule has 6 unspecified atom stereocenters. The van der Waals surface area contributed by atoms with Gasteiger partial charge < -0.3 is 19.5 Å². The molecule has 4 aliphatic rings. The predicted molar refractivity (Wildman–Crippen MR) is 83.6 cm³/mol. The molecule has 2 aliphatic carbocycles. The number of rotatable bonds is 2. The summed E-state index contributed by atoms with van der Waals surface area (Å²) in [6.07, 6.45) is 10.4. The van der Waals surface area contributed by atoms with E-state index < -0.39 is 0 Å². The molecule has 0 radical (unpaired) electrons. The Labute approximate surface area is 134 Å². The van der Waals surface area contributed by atoms with Gasteiger partial charge in [-0.1, -0.05) is 0 Å². The fraction of sp³-hybridized carbons (Fsp3) is 1.00. The molecule has 2 N–H and O–H groups in total. The van der Waals surface area contributed by atoms with Gasteiger partial charge in [0.1, 0.15) is 6.79 Å². The number of fused-ring (bicyclic) bond motifs is 2. The highest BCUT2D eigenvalue weighted by Gasteiger charge is 2.49. The van der Waals surface area contributed by atoms with Gasteiger partial charge in [0.2, 0.25) is 0 Å². The summed E-state index contributed by atoms with van der Waals surface area (Å²) >= 11 is 0. The molecular formula is C18H32NO3+. The van der Waals surface area contributed by atoms with Crippen molar-refractivity contribution in [1.29, 1.82) is 0 Å². The van der Waals surface area contributed by atoms with E-state index in [-0.39, 0.29) is 6.10 Å². The first-order valence-corrected chi connectivity index (χ1v) is 9.44. The second-order valence-corrected chi connectivity index (χ2v) is 8.33. The normalized spacial score (nSPS) is 52.1. The largest absolute Gasteiger partial charge is 0.393 e. The maximum absolute atomic E-state index is 9.74. The molecule has 22 heavy (non-hydrogen) atoms. The van der Waals surface area contributed by atoms with Crippen LogP contribution in [0.1, 0.15) is 51.4 Å². The van der Waals surface area contributed by atoms with Crippen LogP contribution in [0, 0.1) is 17.8 Å². The first-order valence-electron chi connectivity index (χ1n) is 9.44. The van der Waals surface area contributed by atoms with Crippen molar-refractivity contribution in [2.75, 3.05) is 20.4 Å². The quantitative estimate of drug-likeness (QED) is 0.799. The first-order chi connectivity index (χ1) is 10.7. The van der Waals surface area contributed by atoms with E-state index in [1.807, 2.05) is 0 Å². The topological polar surface area (TPSA) is 43.1 Å². The van der Waals surface area contributed by atoms with Crippen LogP contribution in [0.15, 0.2) is 0 Å². The summed E-state index contributed by atoms with van der Waals surface area (Å²) < 4.78 is 11.6. The van der Waals surface area contributed by atoms with Gasteiger partial charge in [-0.25, -0.2) is 0 Å². The van der Waals surface area contributed by atoms with Gasteiger partial charge in [0, 0.05) is 12.3 Å². The van der Waals surface area contributed by atoms with Crippen LogP contribution in [0.2, 0.25) is 0 Å². The summed E-state index contributed by atoms with van der Waals surface area (Å²) in [5, 5.41) is 9.74. The van der Waals surface area contributed by atoms with E-state index in [0.29, 0.717) is 19.0 Å². The van der Waals surface area contributed by atoms with Crippen LogP contribution in [0.3, 0.4) is 0 Å². The van der Waals surface area contributed by atoms with E-state index in [4.69, 9.17) is 9.47 Å². The third-order valence-corrected chi connectivity index (χ3v) is 7.09. The van der Waals surface area contributed by atoms with Crippen molar-refractivity contribution in [3.8, 4) is 0 Å². The van der Waals surface area contributed by atoms with Crippen molar-refractivity contribution in [1.82, 2.24) is 0 Å². The third kappa shape index (κ3) is 2.95. The Morgan fingerprint density at radius 1 is 1.00 bits per heavy atom. The molecular weight excluding hydrogens is 278 g/mol. The Bertz CT molecular complexity index is 383. The number of piperidine rings is 1. The van der Waals surface area contributed by atoms with Crippen LogP contribution in [0.5, 0.6) is 0 Å². The van der Waals surface area contributed by atoms with Crippen LogP contribution >= 0.6 is 0 Å². The second-order valence-electron chi connectivity index (χ2n) is 8.33. The number of hydrogen-bond acceptors (Lipinski definition) is 3. The minimum Gasteiger partial charge on any atom is -0.393 e. The predicted octanol–water partition coefficient (Wildman–Crippen LogP) is 0.982. The summed E-state index contributed by atoms with van der Waals surface area (Å²) in [6.45, 7) is 1.84. The lowest BCUT2D eigenvalue weighted by Gasteiger charge is -2.47. The molecule has 0 aromatic heterocycles. The minimum absolute atomic E-state index is 0.0279. The molecule has 0 spiro atoms. The van der Waals surface area contributed by atoms with Crippen LogP contribution in [-0.4, -0.2) is 49.8 Å². The second kappa shape index (κ2) is 6.39. The highest BCUT2D eigenvalue weighted by Crippen LogP contribution is 2.42. The van der Waals surface area contributed by atoms with Crippen molar-refractivity contribution in [3.63, 3.8) is 0 Å². The lowest BCUT2D eigenvalue weighted by molar-refractivity contribution is -0.919. The molecule has 0 bridgehead atoms. The van der Waals surface area contributed by atoms with Crippen molar-refractivity contribution in [2.24, 2.45) is 17.8 Å². The minimum atomic E-state index is -0.0279. The highest BCUT2D eigenvalue weighted by molar-refractivity contribution is 4.94. The Morgan fingerprint density at radius 3 is 2.50 bits per heavy atom. The average Bonchev–Trinajstić information content (AvgIpc) is 2.97. The zero-order valence-corrected chi connectivity index (χ0v) is 13.9. The fourth-order valence-electron chi connectivity index (χ4n) is 5.71. The van der Waals surface area contributed by atoms with Gasteiger partial charge in [-0.2, -0.15) is 0 Å². The van der Waals surface area contributed by atoms with Crippen LogP contribution in [-0.2, 0) is 9.47 Å². The molecule has 2 heterocycles. The molecule has 2 saturated heterocycles. The molecule has 2 aliphatic heterocycles. The molecule has 4 rings (SSSR count). The van der Waals surface area contributed by atoms with E-state index in [0.717, 1.165) is 36.6 Å². The lowest BCUT2D eigenvalue weighted by atomic mass is 9.66. The van der Waals surface area contributed by atoms with E-state index in [1.54, 1.807) is 4.90 Å². The van der Waals surface area contributed by atoms with Crippen LogP contribution in [0.4, 0.5) is 0 Å². The highest BCUT2D eigenvalue weighted by atomic mass is 16.7. The zero-order valence-electron chi connectivity index (χ0n) is 13.9. The average molecular weight is 310 g/mol. The number of nitrogens with one attached hydrogen (secondary N) is 1. The molecule has 4 nitrogen and oxygen atoms in total. The van der Waals surface area contributed by atoms with Crippen molar-refractivity contribution < 1.29 is 19.5 Å². The maximum atomic E-state index is 9.74. The Balaban J connectivity index is 1.42. The summed E-state index contributed by atoms with van der Waals surface area (Å²) in [6, 6.07) is 0.796. The number of likely N-dealkylation sites (tertiary alicyclic amines) is 1. The number of hydrogen-bond donors (Lipinski definition) is 2. The van der Waals surface area contributed by atoms with Gasteiger partial charge in [-0.15, -0.1) is 0 Å². The standard InChI is InChI=1S/C18H31NO3/c1-19-7-6-13-9-17-18(22-11-21-17)10-15(13)16(19)8-12-2-4-14(20)5-3-12/h12-18,20H,2-11H2,1H3/p+1. The monoisotopic (exact) mass is 310 g/mol. The molecule has 126 valence electrons. The Morgan fingerprint density at radius 2 is 1.73 bits per heavy atom. The fourth-order valence-corrected chi connectivity index (χ4v) is 5.71. The van der Waals surface area contributed by atoms with Gasteiger partial charge in [-0.05, 0) is 56.8 Å². The van der Waals surface area contributed by atoms with Gasteiger partial charge in [-0.3, -0.25) is 0 Å². The maximum Gasteiger partial charge on any atom is 0.147 e. The van der Waals surface area contributed by atoms with Gasteiger partial charge in [0.15, 0.2) is 0 Å². The number of ether oxygens (including phenoxy) is 2. The summed E-state index contributed by atoms with van der Waals surface area (Å²) in [5.41, 5.74) is 0. The van der Waals surface area contributed by atoms with E-state index >= 15 is 0 Å². The van der Waals surface area contributed by atoms with Crippen molar-refractivity contribution in [2.45, 2.75) is 75.7 Å². The van der Waals surface area contributed by atoms with E-state index in [1.165, 1.54) is 45.1 Å². The zero-order chi connectivity index (χ0) is 15.1. The third-order valence-electron chi connectivity index (χ3n) is 7.09. The summed E-state index contributed by atoms with van der Waals surface area (Å²) in [4.78, 5) is 1.74. The SMILES string of the molecule is C[NH+]1CCC2CC3OCOC3CC2C1CC1CCC(O)CC1. The molecule has 4 fully saturated rings. The molecule has 6 atom stereocenters. The molecule has 0 aromatic rings. The first kappa shape index (κ1) is 15.4. The van der Waals surface area contributed by atoms with Gasteiger partial charge in [0.25, 0.3) is 0 Å². The Hall–Kier alpha value is -0.160. The smallest absolute Gasteiger partial charge is 0.147 e. The van der Waals surface area contributed by atoms with Crippen LogP contribution < -0.4 is 4.90 Å². The van der Waals surface area contributed by atoms with E-state index in [9.17, 15) is 5.11 Å². The number of quaternary nitrogens is 1. The summed E-state index contributed by atoms with van der Waals surface area (Å²) in [7, 11) is 2.40. The van der Waals surface area contributed by atoms with Gasteiger partial charge >= 0.3 is 0 Å². The number of aliphatic hydroxyl groups excluding tert-OH is 1. The van der Waals surface area contributed by atoms with E-state index in [2.05, 4.69) is 7.05 Å². The van der Waals surface area contributed by atoms with Gasteiger partial charge in [0.05, 0.1) is 37.9 Å². The number of aliphatic hydroxyl groups is 1. The molecule has 2 saturated carbocycles.